The monoisotopic (exact) mass is 446 g/mol. The Kier molecular flexibility index (Phi) is 6.86. The normalized spacial score (nSPS) is 18.5. The van der Waals surface area contributed by atoms with Gasteiger partial charge in [0.25, 0.3) is 11.7 Å². The van der Waals surface area contributed by atoms with E-state index >= 15 is 0 Å². The van der Waals surface area contributed by atoms with Gasteiger partial charge in [0, 0.05) is 18.7 Å². The van der Waals surface area contributed by atoms with Crippen LogP contribution in [-0.2, 0) is 16.0 Å². The van der Waals surface area contributed by atoms with Crippen LogP contribution < -0.4 is 0 Å². The Morgan fingerprint density at radius 2 is 1.73 bits per heavy atom. The summed E-state index contributed by atoms with van der Waals surface area (Å²) in [5.74, 6) is -1.59. The van der Waals surface area contributed by atoms with Crippen molar-refractivity contribution in [1.82, 2.24) is 9.80 Å². The van der Waals surface area contributed by atoms with Crippen LogP contribution in [-0.4, -0.2) is 53.8 Å². The molecule has 1 aliphatic rings. The maximum atomic E-state index is 13.0. The van der Waals surface area contributed by atoms with E-state index < -0.39 is 17.7 Å². The summed E-state index contributed by atoms with van der Waals surface area (Å²) in [5.41, 5.74) is 2.31. The number of carbonyl (C=O) groups is 2. The number of rotatable bonds is 6. The van der Waals surface area contributed by atoms with Crippen molar-refractivity contribution in [2.75, 3.05) is 27.2 Å². The lowest BCUT2D eigenvalue weighted by Crippen LogP contribution is -2.35. The summed E-state index contributed by atoms with van der Waals surface area (Å²) < 4.78 is 0. The fourth-order valence-corrected chi connectivity index (χ4v) is 3.80. The Morgan fingerprint density at radius 3 is 2.30 bits per heavy atom. The van der Waals surface area contributed by atoms with Gasteiger partial charge in [-0.15, -0.1) is 0 Å². The number of hydrogen-bond donors (Lipinski definition) is 1. The number of aliphatic hydroxyl groups excluding tert-OH is 1. The molecule has 2 aromatic rings. The third-order valence-electron chi connectivity index (χ3n) is 5.22. The van der Waals surface area contributed by atoms with Gasteiger partial charge in [-0.2, -0.15) is 0 Å². The molecule has 2 aromatic carbocycles. The Hall–Kier alpha value is -2.34. The molecule has 0 aliphatic carbocycles. The van der Waals surface area contributed by atoms with Crippen molar-refractivity contribution in [3.8, 4) is 0 Å². The molecule has 1 N–H and O–H groups in total. The van der Waals surface area contributed by atoms with Crippen LogP contribution in [0.4, 0.5) is 0 Å². The van der Waals surface area contributed by atoms with Gasteiger partial charge in [-0.05, 0) is 49.8 Å². The van der Waals surface area contributed by atoms with Crippen molar-refractivity contribution in [2.24, 2.45) is 0 Å². The molecule has 1 fully saturated rings. The quantitative estimate of drug-likeness (QED) is 0.401. The van der Waals surface area contributed by atoms with E-state index in [2.05, 4.69) is 6.92 Å². The second-order valence-electron chi connectivity index (χ2n) is 7.52. The van der Waals surface area contributed by atoms with Crippen molar-refractivity contribution in [1.29, 1.82) is 0 Å². The van der Waals surface area contributed by atoms with E-state index in [1.54, 1.807) is 12.1 Å². The lowest BCUT2D eigenvalue weighted by atomic mass is 9.94. The first-order chi connectivity index (χ1) is 14.2. The van der Waals surface area contributed by atoms with E-state index in [1.807, 2.05) is 43.3 Å². The Bertz CT molecular complexity index is 1000. The average molecular weight is 447 g/mol. The summed E-state index contributed by atoms with van der Waals surface area (Å²) in [6, 6.07) is 11.7. The standard InChI is InChI=1S/C23H24Cl2N2O3/c1-4-14-5-7-15(8-6-14)20-19(21(28)16-9-10-17(24)18(25)13-16)22(29)23(30)27(20)12-11-26(2)3/h5-10,13,20,28H,4,11-12H2,1-3H3/b21-19-. The Balaban J connectivity index is 2.14. The number of ketones is 1. The molecule has 1 amide bonds. The predicted octanol–water partition coefficient (Wildman–Crippen LogP) is 4.54. The first-order valence-electron chi connectivity index (χ1n) is 9.72. The summed E-state index contributed by atoms with van der Waals surface area (Å²) in [5, 5.41) is 11.6. The maximum absolute atomic E-state index is 13.0. The van der Waals surface area contributed by atoms with Crippen molar-refractivity contribution < 1.29 is 14.7 Å². The van der Waals surface area contributed by atoms with Gasteiger partial charge < -0.3 is 14.9 Å². The minimum absolute atomic E-state index is 0.0568. The van der Waals surface area contributed by atoms with Gasteiger partial charge in [0.05, 0.1) is 21.7 Å². The largest absolute Gasteiger partial charge is 0.507 e. The van der Waals surface area contributed by atoms with Gasteiger partial charge in [-0.25, -0.2) is 0 Å². The fraction of sp³-hybridized carbons (Fsp3) is 0.304. The summed E-state index contributed by atoms with van der Waals surface area (Å²) >= 11 is 12.1. The molecule has 158 valence electrons. The number of Topliss-reactive ketones (excluding diaryl/α,β-unsaturated/α-hetero) is 1. The van der Waals surface area contributed by atoms with Gasteiger partial charge >= 0.3 is 0 Å². The molecule has 0 aromatic heterocycles. The van der Waals surface area contributed by atoms with Crippen molar-refractivity contribution in [3.63, 3.8) is 0 Å². The number of aryl methyl sites for hydroxylation is 1. The molecule has 0 radical (unpaired) electrons. The maximum Gasteiger partial charge on any atom is 0.295 e. The van der Waals surface area contributed by atoms with E-state index in [9.17, 15) is 14.7 Å². The minimum atomic E-state index is -0.707. The van der Waals surface area contributed by atoms with Crippen LogP contribution in [0.1, 0.15) is 29.7 Å². The van der Waals surface area contributed by atoms with Crippen LogP contribution in [0.25, 0.3) is 5.76 Å². The molecule has 1 saturated heterocycles. The molecule has 0 bridgehead atoms. The number of carbonyl (C=O) groups excluding carboxylic acids is 2. The molecule has 30 heavy (non-hydrogen) atoms. The molecule has 0 saturated carbocycles. The molecule has 7 heteroatoms. The third kappa shape index (κ3) is 4.38. The van der Waals surface area contributed by atoms with Crippen molar-refractivity contribution in [3.05, 3.63) is 74.8 Å². The topological polar surface area (TPSA) is 60.9 Å². The number of likely N-dealkylation sites (tertiary alicyclic amines) is 1. The highest BCUT2D eigenvalue weighted by atomic mass is 35.5. The minimum Gasteiger partial charge on any atom is -0.507 e. The van der Waals surface area contributed by atoms with Crippen LogP contribution in [0.5, 0.6) is 0 Å². The summed E-state index contributed by atoms with van der Waals surface area (Å²) in [4.78, 5) is 29.3. The van der Waals surface area contributed by atoms with Gasteiger partial charge in [-0.1, -0.05) is 54.4 Å². The summed E-state index contributed by atoms with van der Waals surface area (Å²) in [6.45, 7) is 3.00. The molecular formula is C23H24Cl2N2O3. The molecule has 0 spiro atoms. The van der Waals surface area contributed by atoms with Crippen LogP contribution in [0.3, 0.4) is 0 Å². The highest BCUT2D eigenvalue weighted by Gasteiger charge is 2.45. The second-order valence-corrected chi connectivity index (χ2v) is 8.33. The highest BCUT2D eigenvalue weighted by molar-refractivity contribution is 6.46. The van der Waals surface area contributed by atoms with Crippen LogP contribution in [0.15, 0.2) is 48.0 Å². The summed E-state index contributed by atoms with van der Waals surface area (Å²) in [7, 11) is 3.80. The lowest BCUT2D eigenvalue weighted by molar-refractivity contribution is -0.140. The number of halogens is 2. The van der Waals surface area contributed by atoms with E-state index in [-0.39, 0.29) is 16.4 Å². The van der Waals surface area contributed by atoms with Gasteiger partial charge in [0.2, 0.25) is 0 Å². The Labute approximate surface area is 186 Å². The number of benzene rings is 2. The van der Waals surface area contributed by atoms with Gasteiger partial charge in [0.15, 0.2) is 0 Å². The second kappa shape index (κ2) is 9.21. The zero-order valence-corrected chi connectivity index (χ0v) is 18.7. The number of amides is 1. The van der Waals surface area contributed by atoms with E-state index in [0.717, 1.165) is 17.5 Å². The summed E-state index contributed by atoms with van der Waals surface area (Å²) in [6.07, 6.45) is 0.879. The van der Waals surface area contributed by atoms with Gasteiger partial charge in [-0.3, -0.25) is 9.59 Å². The smallest absolute Gasteiger partial charge is 0.295 e. The lowest BCUT2D eigenvalue weighted by Gasteiger charge is -2.26. The van der Waals surface area contributed by atoms with Crippen molar-refractivity contribution >= 4 is 40.7 Å². The van der Waals surface area contributed by atoms with Crippen LogP contribution in [0, 0.1) is 0 Å². The molecule has 3 rings (SSSR count). The Morgan fingerprint density at radius 1 is 1.07 bits per heavy atom. The molecule has 1 atom stereocenters. The third-order valence-corrected chi connectivity index (χ3v) is 5.96. The SMILES string of the molecule is CCc1ccc(C2/C(=C(/O)c3ccc(Cl)c(Cl)c3)C(=O)C(=O)N2CCN(C)C)cc1. The van der Waals surface area contributed by atoms with Gasteiger partial charge in [0.1, 0.15) is 5.76 Å². The van der Waals surface area contributed by atoms with E-state index in [1.165, 1.54) is 11.0 Å². The number of aliphatic hydroxyl groups is 1. The first kappa shape index (κ1) is 22.3. The molecule has 1 heterocycles. The van der Waals surface area contributed by atoms with E-state index in [4.69, 9.17) is 23.2 Å². The average Bonchev–Trinajstić information content (AvgIpc) is 2.98. The zero-order chi connectivity index (χ0) is 22.0. The first-order valence-corrected chi connectivity index (χ1v) is 10.5. The fourth-order valence-electron chi connectivity index (χ4n) is 3.50. The number of likely N-dealkylation sites (N-methyl/N-ethyl adjacent to an activating group) is 1. The predicted molar refractivity (Wildman–Crippen MR) is 120 cm³/mol. The van der Waals surface area contributed by atoms with Crippen molar-refractivity contribution in [2.45, 2.75) is 19.4 Å². The molecule has 1 aliphatic heterocycles. The molecule has 5 nitrogen and oxygen atoms in total. The number of nitrogens with zero attached hydrogens (tertiary/aromatic N) is 2. The molecular weight excluding hydrogens is 423 g/mol. The molecule has 1 unspecified atom stereocenters. The van der Waals surface area contributed by atoms with Crippen LogP contribution >= 0.6 is 23.2 Å². The highest BCUT2D eigenvalue weighted by Crippen LogP contribution is 2.40. The zero-order valence-electron chi connectivity index (χ0n) is 17.2. The number of hydrogen-bond acceptors (Lipinski definition) is 4. The van der Waals surface area contributed by atoms with E-state index in [0.29, 0.717) is 23.7 Å². The van der Waals surface area contributed by atoms with Crippen LogP contribution in [0.2, 0.25) is 10.0 Å².